The molecule has 1 N–H and O–H groups in total. The summed E-state index contributed by atoms with van der Waals surface area (Å²) >= 11 is 1.68. The molecule has 0 aliphatic carbocycles. The fourth-order valence-electron chi connectivity index (χ4n) is 1.25. The molecule has 0 bridgehead atoms. The Morgan fingerprint density at radius 2 is 2.20 bits per heavy atom. The van der Waals surface area contributed by atoms with E-state index in [0.717, 1.165) is 4.88 Å². The largest absolute Gasteiger partial charge is 0.419 e. The van der Waals surface area contributed by atoms with E-state index < -0.39 is 0 Å². The van der Waals surface area contributed by atoms with Crippen LogP contribution in [0.5, 0.6) is 0 Å². The molecule has 0 aromatic carbocycles. The number of aryl methyl sites for hydroxylation is 2. The van der Waals surface area contributed by atoms with Crippen molar-refractivity contribution >= 4 is 11.3 Å². The van der Waals surface area contributed by atoms with E-state index >= 15 is 0 Å². The van der Waals surface area contributed by atoms with Gasteiger partial charge in [-0.05, 0) is 32.5 Å². The SMILES string of the molecule is CNCc1nnc(-c2cc(C)c(C)s2)o1. The Bertz CT molecular complexity index is 441. The lowest BCUT2D eigenvalue weighted by atomic mass is 10.3. The number of hydrogen-bond acceptors (Lipinski definition) is 5. The molecule has 2 rings (SSSR count). The highest BCUT2D eigenvalue weighted by Crippen LogP contribution is 2.29. The monoisotopic (exact) mass is 223 g/mol. The van der Waals surface area contributed by atoms with Gasteiger partial charge in [-0.1, -0.05) is 0 Å². The van der Waals surface area contributed by atoms with Gasteiger partial charge in [0.05, 0.1) is 11.4 Å². The van der Waals surface area contributed by atoms with Crippen LogP contribution in [0.4, 0.5) is 0 Å². The summed E-state index contributed by atoms with van der Waals surface area (Å²) in [5, 5.41) is 10.9. The van der Waals surface area contributed by atoms with Crippen LogP contribution >= 0.6 is 11.3 Å². The lowest BCUT2D eigenvalue weighted by Gasteiger charge is -1.89. The molecular formula is C10H13N3OS. The van der Waals surface area contributed by atoms with E-state index in [1.54, 1.807) is 11.3 Å². The highest BCUT2D eigenvalue weighted by molar-refractivity contribution is 7.15. The number of thiophene rings is 1. The average Bonchev–Trinajstić information content (AvgIpc) is 2.76. The van der Waals surface area contributed by atoms with E-state index in [2.05, 4.69) is 35.4 Å². The average molecular weight is 223 g/mol. The Kier molecular flexibility index (Phi) is 2.83. The number of aromatic nitrogens is 2. The first-order valence-electron chi connectivity index (χ1n) is 4.75. The number of rotatable bonds is 3. The molecule has 2 aromatic rings. The molecule has 2 heterocycles. The third-order valence-corrected chi connectivity index (χ3v) is 3.31. The molecule has 15 heavy (non-hydrogen) atoms. The van der Waals surface area contributed by atoms with E-state index in [0.29, 0.717) is 18.3 Å². The molecular weight excluding hydrogens is 210 g/mol. The molecule has 0 atom stereocenters. The maximum absolute atomic E-state index is 5.50. The molecule has 0 unspecified atom stereocenters. The number of nitrogens with zero attached hydrogens (tertiary/aromatic N) is 2. The molecule has 80 valence electrons. The van der Waals surface area contributed by atoms with Crippen LogP contribution in [-0.2, 0) is 6.54 Å². The van der Waals surface area contributed by atoms with Gasteiger partial charge in [-0.2, -0.15) is 0 Å². The van der Waals surface area contributed by atoms with E-state index in [-0.39, 0.29) is 0 Å². The third kappa shape index (κ3) is 2.08. The van der Waals surface area contributed by atoms with Gasteiger partial charge in [-0.25, -0.2) is 0 Å². The maximum Gasteiger partial charge on any atom is 0.257 e. The lowest BCUT2D eigenvalue weighted by Crippen LogP contribution is -2.04. The second kappa shape index (κ2) is 4.12. The minimum absolute atomic E-state index is 0.607. The van der Waals surface area contributed by atoms with Crippen molar-refractivity contribution in [3.63, 3.8) is 0 Å². The van der Waals surface area contributed by atoms with Gasteiger partial charge < -0.3 is 9.73 Å². The predicted molar refractivity (Wildman–Crippen MR) is 59.8 cm³/mol. The first kappa shape index (κ1) is 10.3. The van der Waals surface area contributed by atoms with Gasteiger partial charge in [-0.3, -0.25) is 0 Å². The van der Waals surface area contributed by atoms with Crippen molar-refractivity contribution in [2.24, 2.45) is 0 Å². The summed E-state index contributed by atoms with van der Waals surface area (Å²) in [6.07, 6.45) is 0. The van der Waals surface area contributed by atoms with Gasteiger partial charge in [0.1, 0.15) is 0 Å². The lowest BCUT2D eigenvalue weighted by molar-refractivity contribution is 0.491. The molecule has 0 spiro atoms. The normalized spacial score (nSPS) is 10.9. The smallest absolute Gasteiger partial charge is 0.257 e. The zero-order chi connectivity index (χ0) is 10.8. The molecule has 2 aromatic heterocycles. The predicted octanol–water partition coefficient (Wildman–Crippen LogP) is 2.13. The Morgan fingerprint density at radius 3 is 2.80 bits per heavy atom. The van der Waals surface area contributed by atoms with Crippen molar-refractivity contribution in [2.45, 2.75) is 20.4 Å². The Labute approximate surface area is 92.3 Å². The van der Waals surface area contributed by atoms with Gasteiger partial charge in [0.2, 0.25) is 5.89 Å². The van der Waals surface area contributed by atoms with E-state index in [9.17, 15) is 0 Å². The quantitative estimate of drug-likeness (QED) is 0.866. The summed E-state index contributed by atoms with van der Waals surface area (Å²) in [4.78, 5) is 2.33. The summed E-state index contributed by atoms with van der Waals surface area (Å²) in [6, 6.07) is 2.08. The van der Waals surface area contributed by atoms with Crippen molar-refractivity contribution in [3.05, 3.63) is 22.4 Å². The Hall–Kier alpha value is -1.20. The van der Waals surface area contributed by atoms with E-state index in [4.69, 9.17) is 4.42 Å². The summed E-state index contributed by atoms with van der Waals surface area (Å²) in [7, 11) is 1.85. The molecule has 4 nitrogen and oxygen atoms in total. The zero-order valence-electron chi connectivity index (χ0n) is 9.00. The molecule has 0 saturated heterocycles. The fraction of sp³-hybridized carbons (Fsp3) is 0.400. The second-order valence-corrected chi connectivity index (χ2v) is 4.64. The fourth-order valence-corrected chi connectivity index (χ4v) is 2.21. The summed E-state index contributed by atoms with van der Waals surface area (Å²) in [5.41, 5.74) is 1.27. The van der Waals surface area contributed by atoms with Crippen LogP contribution in [0.3, 0.4) is 0 Å². The highest BCUT2D eigenvalue weighted by Gasteiger charge is 2.11. The molecule has 0 fully saturated rings. The van der Waals surface area contributed by atoms with Gasteiger partial charge in [0.15, 0.2) is 0 Å². The molecule has 0 amide bonds. The van der Waals surface area contributed by atoms with E-state index in [1.165, 1.54) is 10.4 Å². The van der Waals surface area contributed by atoms with Crippen molar-refractivity contribution in [1.29, 1.82) is 0 Å². The van der Waals surface area contributed by atoms with Crippen LogP contribution < -0.4 is 5.32 Å². The van der Waals surface area contributed by atoms with Crippen molar-refractivity contribution in [3.8, 4) is 10.8 Å². The highest BCUT2D eigenvalue weighted by atomic mass is 32.1. The maximum atomic E-state index is 5.50. The Morgan fingerprint density at radius 1 is 1.40 bits per heavy atom. The summed E-state index contributed by atoms with van der Waals surface area (Å²) < 4.78 is 5.50. The molecule has 0 aliphatic rings. The molecule has 0 aliphatic heterocycles. The van der Waals surface area contributed by atoms with Crippen LogP contribution in [-0.4, -0.2) is 17.2 Å². The Balaban J connectivity index is 2.28. The van der Waals surface area contributed by atoms with Gasteiger partial charge in [0, 0.05) is 4.88 Å². The topological polar surface area (TPSA) is 51.0 Å². The van der Waals surface area contributed by atoms with Crippen molar-refractivity contribution in [1.82, 2.24) is 15.5 Å². The third-order valence-electron chi connectivity index (χ3n) is 2.17. The standard InChI is InChI=1S/C10H13N3OS/c1-6-4-8(15-7(6)2)10-13-12-9(14-10)5-11-3/h4,11H,5H2,1-3H3. The minimum Gasteiger partial charge on any atom is -0.419 e. The van der Waals surface area contributed by atoms with Crippen LogP contribution in [0.25, 0.3) is 10.8 Å². The molecule has 0 radical (unpaired) electrons. The van der Waals surface area contributed by atoms with Crippen LogP contribution in [0.15, 0.2) is 10.5 Å². The van der Waals surface area contributed by atoms with Crippen LogP contribution in [0.1, 0.15) is 16.3 Å². The minimum atomic E-state index is 0.607. The van der Waals surface area contributed by atoms with Gasteiger partial charge in [-0.15, -0.1) is 21.5 Å². The first-order valence-corrected chi connectivity index (χ1v) is 5.56. The summed E-state index contributed by atoms with van der Waals surface area (Å²) in [5.74, 6) is 1.23. The number of nitrogens with one attached hydrogen (secondary N) is 1. The summed E-state index contributed by atoms with van der Waals surface area (Å²) in [6.45, 7) is 4.78. The van der Waals surface area contributed by atoms with Crippen molar-refractivity contribution in [2.75, 3.05) is 7.05 Å². The first-order chi connectivity index (χ1) is 7.20. The van der Waals surface area contributed by atoms with Crippen molar-refractivity contribution < 1.29 is 4.42 Å². The van der Waals surface area contributed by atoms with Gasteiger partial charge >= 0.3 is 0 Å². The van der Waals surface area contributed by atoms with Gasteiger partial charge in [0.25, 0.3) is 5.89 Å². The molecule has 5 heteroatoms. The van der Waals surface area contributed by atoms with Crippen LogP contribution in [0.2, 0.25) is 0 Å². The number of hydrogen-bond donors (Lipinski definition) is 1. The van der Waals surface area contributed by atoms with E-state index in [1.807, 2.05) is 7.05 Å². The second-order valence-electron chi connectivity index (χ2n) is 3.38. The van der Waals surface area contributed by atoms with Crippen LogP contribution in [0, 0.1) is 13.8 Å². The molecule has 0 saturated carbocycles. The zero-order valence-corrected chi connectivity index (χ0v) is 9.81.